The first-order chi connectivity index (χ1) is 17.7. The van der Waals surface area contributed by atoms with Crippen LogP contribution in [-0.4, -0.2) is 38.7 Å². The van der Waals surface area contributed by atoms with E-state index in [1.165, 1.54) is 6.07 Å². The molecule has 0 saturated heterocycles. The van der Waals surface area contributed by atoms with Crippen molar-refractivity contribution in [3.05, 3.63) is 46.1 Å². The summed E-state index contributed by atoms with van der Waals surface area (Å²) in [6.07, 6.45) is -16.7. The number of aromatic nitrogens is 3. The van der Waals surface area contributed by atoms with Crippen LogP contribution in [0.4, 0.5) is 43.9 Å². The number of alkyl halides is 10. The number of nitrogens with one attached hydrogen (secondary N) is 1. The van der Waals surface area contributed by atoms with E-state index >= 15 is 0 Å². The van der Waals surface area contributed by atoms with Crippen LogP contribution < -0.4 is 5.32 Å². The lowest BCUT2D eigenvalue weighted by Gasteiger charge is -2.23. The molecule has 1 N–H and O–H groups in total. The van der Waals surface area contributed by atoms with Crippen molar-refractivity contribution in [3.63, 3.8) is 0 Å². The van der Waals surface area contributed by atoms with Crippen molar-refractivity contribution in [1.29, 1.82) is 0 Å². The van der Waals surface area contributed by atoms with Crippen molar-refractivity contribution < 1.29 is 53.2 Å². The summed E-state index contributed by atoms with van der Waals surface area (Å²) >= 11 is 5.96. The van der Waals surface area contributed by atoms with Gasteiger partial charge in [0.2, 0.25) is 0 Å². The molecule has 18 heteroatoms. The fourth-order valence-electron chi connectivity index (χ4n) is 3.74. The molecule has 1 aliphatic carbocycles. The highest BCUT2D eigenvalue weighted by atomic mass is 35.5. The van der Waals surface area contributed by atoms with Crippen molar-refractivity contribution in [2.75, 3.05) is 0 Å². The highest BCUT2D eigenvalue weighted by Gasteiger charge is 2.64. The number of hydrogen-bond acceptors (Lipinski definition) is 4. The van der Waals surface area contributed by atoms with Crippen LogP contribution >= 0.6 is 20.8 Å². The largest absolute Gasteiger partial charge is 0.431 e. The van der Waals surface area contributed by atoms with Crippen molar-refractivity contribution >= 4 is 26.7 Å². The second-order valence-electron chi connectivity index (χ2n) is 8.71. The topological polar surface area (TPSA) is 73.0 Å². The molecule has 1 aliphatic rings. The number of hydrogen-bond donors (Lipinski definition) is 1. The number of benzene rings is 1. The van der Waals surface area contributed by atoms with Gasteiger partial charge in [0.05, 0.1) is 10.6 Å². The molecule has 0 spiro atoms. The van der Waals surface area contributed by atoms with Gasteiger partial charge in [-0.25, -0.2) is 4.39 Å². The number of aryl methyl sites for hydroxylation is 1. The molecule has 2 unspecified atom stereocenters. The summed E-state index contributed by atoms with van der Waals surface area (Å²) in [5.41, 5.74) is -8.69. The maximum atomic E-state index is 14.6. The Bertz CT molecular complexity index is 1440. The van der Waals surface area contributed by atoms with Crippen LogP contribution in [0.25, 0.3) is 22.7 Å². The minimum absolute atomic E-state index is 0.0720. The van der Waals surface area contributed by atoms with Gasteiger partial charge in [-0.2, -0.15) is 44.6 Å². The average Bonchev–Trinajstić information content (AvgIpc) is 3.26. The van der Waals surface area contributed by atoms with Gasteiger partial charge in [0, 0.05) is 18.7 Å². The Balaban J connectivity index is 1.75. The zero-order chi connectivity index (χ0) is 29.3. The number of rotatable bonds is 5. The van der Waals surface area contributed by atoms with E-state index in [2.05, 4.69) is 10.3 Å². The van der Waals surface area contributed by atoms with Crippen molar-refractivity contribution in [2.45, 2.75) is 42.3 Å². The summed E-state index contributed by atoms with van der Waals surface area (Å²) in [6.45, 7) is 0. The Morgan fingerprint density at radius 1 is 1.08 bits per heavy atom. The van der Waals surface area contributed by atoms with Gasteiger partial charge < -0.3 is 9.84 Å². The molecule has 39 heavy (non-hydrogen) atoms. The van der Waals surface area contributed by atoms with Gasteiger partial charge in [-0.1, -0.05) is 26.0 Å². The molecule has 2 aromatic heterocycles. The number of carbonyl (C=O) groups excluding carboxylic acids is 1. The minimum atomic E-state index is -5.77. The molecular weight excluding hydrogens is 597 g/mol. The highest BCUT2D eigenvalue weighted by Crippen LogP contribution is 2.53. The second kappa shape index (κ2) is 9.08. The standard InChI is InChI=1S/C21H14ClF10N4O2P/c1-36-14(13(19(24,25)26)15(34-36)18(23,39)21(30,31)32)11-7-12(38-35-11)8-2-3-10(22)9(6-8)16(37)33-17(4-5-17)20(27,28)29/h2-3,6-7H,4-5,39H2,1H3,(H,33,37). The fourth-order valence-corrected chi connectivity index (χ4v) is 4.15. The van der Waals surface area contributed by atoms with E-state index in [-0.39, 0.29) is 29.2 Å². The van der Waals surface area contributed by atoms with Crippen LogP contribution in [0, 0.1) is 0 Å². The molecule has 1 saturated carbocycles. The van der Waals surface area contributed by atoms with Crippen molar-refractivity contribution in [3.8, 4) is 22.7 Å². The molecule has 0 bridgehead atoms. The molecular formula is C21H14ClF10N4O2P. The SMILES string of the molecule is Cn1nc(C(F)(P)C(F)(F)F)c(C(F)(F)F)c1-c1cc(-c2ccc(Cl)c(C(=O)NC3(C(F)(F)F)CC3)c2)on1. The van der Waals surface area contributed by atoms with Crippen LogP contribution in [0.2, 0.25) is 5.02 Å². The van der Waals surface area contributed by atoms with Crippen LogP contribution in [0.3, 0.4) is 0 Å². The van der Waals surface area contributed by atoms with E-state index in [9.17, 15) is 48.7 Å². The number of nitrogens with zero attached hydrogens (tertiary/aromatic N) is 3. The molecule has 1 aromatic carbocycles. The third-order valence-corrected chi connectivity index (χ3v) is 6.91. The summed E-state index contributed by atoms with van der Waals surface area (Å²) in [5.74, 6) is -1.52. The molecule has 212 valence electrons. The van der Waals surface area contributed by atoms with E-state index in [1.54, 1.807) is 0 Å². The van der Waals surface area contributed by atoms with Gasteiger partial charge >= 0.3 is 18.5 Å². The van der Waals surface area contributed by atoms with Crippen molar-refractivity contribution in [1.82, 2.24) is 20.3 Å². The van der Waals surface area contributed by atoms with E-state index in [4.69, 9.17) is 16.1 Å². The molecule has 6 nitrogen and oxygen atoms in total. The highest BCUT2D eigenvalue weighted by molar-refractivity contribution is 7.18. The predicted molar refractivity (Wildman–Crippen MR) is 118 cm³/mol. The molecule has 3 aromatic rings. The molecule has 2 atom stereocenters. The predicted octanol–water partition coefficient (Wildman–Crippen LogP) is 6.80. The lowest BCUT2D eigenvalue weighted by molar-refractivity contribution is -0.202. The van der Waals surface area contributed by atoms with Gasteiger partial charge in [-0.3, -0.25) is 9.48 Å². The average molecular weight is 611 g/mol. The summed E-state index contributed by atoms with van der Waals surface area (Å²) in [4.78, 5) is 12.5. The van der Waals surface area contributed by atoms with Crippen LogP contribution in [0.15, 0.2) is 28.8 Å². The van der Waals surface area contributed by atoms with Gasteiger partial charge in [0.25, 0.3) is 11.3 Å². The molecule has 2 heterocycles. The molecule has 0 radical (unpaired) electrons. The Kier molecular flexibility index (Phi) is 6.78. The Hall–Kier alpha value is -2.87. The molecule has 1 amide bonds. The Morgan fingerprint density at radius 3 is 2.21 bits per heavy atom. The zero-order valence-corrected chi connectivity index (χ0v) is 21.0. The summed E-state index contributed by atoms with van der Waals surface area (Å²) < 4.78 is 141. The normalized spacial score (nSPS) is 17.2. The Morgan fingerprint density at radius 2 is 1.69 bits per heavy atom. The van der Waals surface area contributed by atoms with Gasteiger partial charge in [-0.15, -0.1) is 0 Å². The number of halogens is 11. The maximum Gasteiger partial charge on any atom is 0.431 e. The summed E-state index contributed by atoms with van der Waals surface area (Å²) in [5, 5.41) is 3.60. The van der Waals surface area contributed by atoms with Crippen LogP contribution in [0.1, 0.15) is 34.5 Å². The van der Waals surface area contributed by atoms with E-state index in [0.29, 0.717) is 13.9 Å². The number of amides is 1. The van der Waals surface area contributed by atoms with Crippen molar-refractivity contribution in [2.24, 2.45) is 7.05 Å². The maximum absolute atomic E-state index is 14.6. The quantitative estimate of drug-likeness (QED) is 0.255. The van der Waals surface area contributed by atoms with E-state index in [0.717, 1.165) is 25.2 Å². The Labute approximate surface area is 218 Å². The minimum Gasteiger partial charge on any atom is -0.356 e. The molecule has 4 rings (SSSR count). The van der Waals surface area contributed by atoms with E-state index < -0.39 is 63.6 Å². The number of carbonyl (C=O) groups is 1. The fraction of sp³-hybridized carbons (Fsp3) is 0.381. The zero-order valence-electron chi connectivity index (χ0n) is 19.1. The summed E-state index contributed by atoms with van der Waals surface area (Å²) in [7, 11) is 1.51. The van der Waals surface area contributed by atoms with Gasteiger partial charge in [0.1, 0.15) is 28.2 Å². The first kappa shape index (κ1) is 29.1. The van der Waals surface area contributed by atoms with Gasteiger partial charge in [0.15, 0.2) is 5.76 Å². The van der Waals surface area contributed by atoms with Crippen LogP contribution in [-0.2, 0) is 18.6 Å². The molecule has 0 aliphatic heterocycles. The second-order valence-corrected chi connectivity index (χ2v) is 9.91. The smallest absolute Gasteiger partial charge is 0.356 e. The van der Waals surface area contributed by atoms with Crippen LogP contribution in [0.5, 0.6) is 0 Å². The monoisotopic (exact) mass is 610 g/mol. The van der Waals surface area contributed by atoms with Gasteiger partial charge in [-0.05, 0) is 31.0 Å². The first-order valence-electron chi connectivity index (χ1n) is 10.5. The lowest BCUT2D eigenvalue weighted by atomic mass is 10.0. The lowest BCUT2D eigenvalue weighted by Crippen LogP contribution is -2.47. The third kappa shape index (κ3) is 5.08. The third-order valence-electron chi connectivity index (χ3n) is 5.98. The summed E-state index contributed by atoms with van der Waals surface area (Å²) in [6, 6.07) is 4.15. The first-order valence-corrected chi connectivity index (χ1v) is 11.5. The molecule has 1 fully saturated rings. The van der Waals surface area contributed by atoms with E-state index in [1.807, 2.05) is 5.32 Å².